The Morgan fingerprint density at radius 3 is 2.60 bits per heavy atom. The van der Waals surface area contributed by atoms with E-state index in [4.69, 9.17) is 15.2 Å². The number of nitrogens with two attached hydrogens (primary N) is 1. The van der Waals surface area contributed by atoms with E-state index >= 15 is 0 Å². The summed E-state index contributed by atoms with van der Waals surface area (Å²) in [4.78, 5) is 4.30. The second kappa shape index (κ2) is 7.99. The molecule has 1 aromatic rings. The standard InChI is InChI=1S/C14H22BrN3O2/c1-9(2)7-17-14(16)18-8-10-5-11(15)13(20-4)12(6-10)19-3/h5-6,9H,7-8H2,1-4H3,(H3,16,17,18). The second-order valence-corrected chi connectivity index (χ2v) is 5.64. The molecule has 0 aliphatic rings. The third-order valence-electron chi connectivity index (χ3n) is 2.62. The van der Waals surface area contributed by atoms with Gasteiger partial charge < -0.3 is 20.5 Å². The third kappa shape index (κ3) is 4.92. The Labute approximate surface area is 128 Å². The lowest BCUT2D eigenvalue weighted by molar-refractivity contribution is 0.352. The minimum Gasteiger partial charge on any atom is -0.493 e. The minimum atomic E-state index is 0.449. The van der Waals surface area contributed by atoms with Crippen LogP contribution in [-0.2, 0) is 6.54 Å². The molecule has 0 radical (unpaired) electrons. The fourth-order valence-electron chi connectivity index (χ4n) is 1.60. The van der Waals surface area contributed by atoms with E-state index in [0.717, 1.165) is 16.6 Å². The molecule has 0 spiro atoms. The zero-order chi connectivity index (χ0) is 15.1. The maximum absolute atomic E-state index is 5.81. The van der Waals surface area contributed by atoms with Gasteiger partial charge in [0.25, 0.3) is 0 Å². The van der Waals surface area contributed by atoms with Crippen molar-refractivity contribution in [3.63, 3.8) is 0 Å². The molecule has 5 nitrogen and oxygen atoms in total. The fourth-order valence-corrected chi connectivity index (χ4v) is 2.25. The summed E-state index contributed by atoms with van der Waals surface area (Å²) >= 11 is 3.46. The van der Waals surface area contributed by atoms with Crippen molar-refractivity contribution >= 4 is 21.9 Å². The summed E-state index contributed by atoms with van der Waals surface area (Å²) in [5, 5.41) is 3.08. The molecule has 20 heavy (non-hydrogen) atoms. The molecule has 0 aliphatic heterocycles. The Morgan fingerprint density at radius 1 is 1.35 bits per heavy atom. The number of benzene rings is 1. The molecule has 3 N–H and O–H groups in total. The molecule has 0 saturated heterocycles. The van der Waals surface area contributed by atoms with E-state index in [1.54, 1.807) is 14.2 Å². The molecule has 1 aromatic carbocycles. The van der Waals surface area contributed by atoms with Gasteiger partial charge in [0.05, 0.1) is 25.2 Å². The fraction of sp³-hybridized carbons (Fsp3) is 0.500. The first-order chi connectivity index (χ1) is 9.47. The molecule has 0 heterocycles. The van der Waals surface area contributed by atoms with Crippen LogP contribution in [0.3, 0.4) is 0 Å². The van der Waals surface area contributed by atoms with Crippen LogP contribution in [0.4, 0.5) is 0 Å². The first kappa shape index (κ1) is 16.6. The molecular weight excluding hydrogens is 322 g/mol. The van der Waals surface area contributed by atoms with Crippen LogP contribution in [-0.4, -0.2) is 26.7 Å². The Kier molecular flexibility index (Phi) is 6.64. The first-order valence-corrected chi connectivity index (χ1v) is 7.21. The molecular formula is C14H22BrN3O2. The van der Waals surface area contributed by atoms with Gasteiger partial charge in [-0.25, -0.2) is 4.99 Å². The third-order valence-corrected chi connectivity index (χ3v) is 3.21. The van der Waals surface area contributed by atoms with Gasteiger partial charge in [-0.1, -0.05) is 13.8 Å². The lowest BCUT2D eigenvalue weighted by Crippen LogP contribution is -2.34. The van der Waals surface area contributed by atoms with E-state index in [0.29, 0.717) is 29.9 Å². The molecule has 0 unspecified atom stereocenters. The summed E-state index contributed by atoms with van der Waals surface area (Å²) in [5.74, 6) is 2.32. The second-order valence-electron chi connectivity index (χ2n) is 4.79. The average molecular weight is 344 g/mol. The van der Waals surface area contributed by atoms with Crippen molar-refractivity contribution < 1.29 is 9.47 Å². The van der Waals surface area contributed by atoms with Gasteiger partial charge in [0.2, 0.25) is 0 Å². The molecule has 0 atom stereocenters. The topological polar surface area (TPSA) is 68.9 Å². The summed E-state index contributed by atoms with van der Waals surface area (Å²) < 4.78 is 11.4. The minimum absolute atomic E-state index is 0.449. The Morgan fingerprint density at radius 2 is 2.05 bits per heavy atom. The van der Waals surface area contributed by atoms with E-state index in [9.17, 15) is 0 Å². The highest BCUT2D eigenvalue weighted by Gasteiger charge is 2.10. The first-order valence-electron chi connectivity index (χ1n) is 6.42. The maximum Gasteiger partial charge on any atom is 0.188 e. The highest BCUT2D eigenvalue weighted by Crippen LogP contribution is 2.36. The van der Waals surface area contributed by atoms with Gasteiger partial charge in [-0.15, -0.1) is 0 Å². The van der Waals surface area contributed by atoms with Crippen molar-refractivity contribution in [2.75, 3.05) is 20.8 Å². The Balaban J connectivity index is 2.78. The van der Waals surface area contributed by atoms with E-state index in [2.05, 4.69) is 40.1 Å². The van der Waals surface area contributed by atoms with Crippen molar-refractivity contribution in [1.29, 1.82) is 0 Å². The van der Waals surface area contributed by atoms with Crippen molar-refractivity contribution in [3.05, 3.63) is 22.2 Å². The van der Waals surface area contributed by atoms with Crippen LogP contribution in [0.25, 0.3) is 0 Å². The zero-order valence-electron chi connectivity index (χ0n) is 12.4. The predicted octanol–water partition coefficient (Wildman–Crippen LogP) is 2.53. The van der Waals surface area contributed by atoms with Crippen LogP contribution in [0.1, 0.15) is 19.4 Å². The number of ether oxygens (including phenoxy) is 2. The molecule has 0 aliphatic carbocycles. The average Bonchev–Trinajstić information content (AvgIpc) is 2.42. The van der Waals surface area contributed by atoms with E-state index in [1.807, 2.05) is 12.1 Å². The summed E-state index contributed by atoms with van der Waals surface area (Å²) in [5.41, 5.74) is 6.80. The van der Waals surface area contributed by atoms with Crippen LogP contribution in [0.15, 0.2) is 21.6 Å². The number of rotatable bonds is 6. The van der Waals surface area contributed by atoms with Gasteiger partial charge in [-0.3, -0.25) is 0 Å². The number of aliphatic imine (C=N–C) groups is 1. The summed E-state index contributed by atoms with van der Waals surface area (Å²) in [6.07, 6.45) is 0. The van der Waals surface area contributed by atoms with Gasteiger partial charge in [0.1, 0.15) is 0 Å². The van der Waals surface area contributed by atoms with Crippen molar-refractivity contribution in [1.82, 2.24) is 5.32 Å². The largest absolute Gasteiger partial charge is 0.493 e. The molecule has 0 amide bonds. The monoisotopic (exact) mass is 343 g/mol. The van der Waals surface area contributed by atoms with Crippen LogP contribution in [0.2, 0.25) is 0 Å². The van der Waals surface area contributed by atoms with Crippen LogP contribution >= 0.6 is 15.9 Å². The molecule has 0 aromatic heterocycles. The maximum atomic E-state index is 5.81. The van der Waals surface area contributed by atoms with Gasteiger partial charge in [0.15, 0.2) is 17.5 Å². The van der Waals surface area contributed by atoms with Crippen LogP contribution < -0.4 is 20.5 Å². The smallest absolute Gasteiger partial charge is 0.188 e. The summed E-state index contributed by atoms with van der Waals surface area (Å²) in [6.45, 7) is 5.53. The molecule has 6 heteroatoms. The number of hydrogen-bond acceptors (Lipinski definition) is 3. The van der Waals surface area contributed by atoms with Gasteiger partial charge in [0, 0.05) is 6.54 Å². The highest BCUT2D eigenvalue weighted by molar-refractivity contribution is 9.10. The van der Waals surface area contributed by atoms with Crippen molar-refractivity contribution in [2.45, 2.75) is 20.4 Å². The lowest BCUT2D eigenvalue weighted by Gasteiger charge is -2.11. The lowest BCUT2D eigenvalue weighted by atomic mass is 10.2. The molecule has 0 fully saturated rings. The van der Waals surface area contributed by atoms with Crippen molar-refractivity contribution in [2.24, 2.45) is 16.6 Å². The van der Waals surface area contributed by atoms with Gasteiger partial charge >= 0.3 is 0 Å². The summed E-state index contributed by atoms with van der Waals surface area (Å²) in [6, 6.07) is 3.84. The summed E-state index contributed by atoms with van der Waals surface area (Å²) in [7, 11) is 3.21. The van der Waals surface area contributed by atoms with Crippen LogP contribution in [0, 0.1) is 5.92 Å². The number of hydrogen-bond donors (Lipinski definition) is 2. The van der Waals surface area contributed by atoms with E-state index in [-0.39, 0.29) is 0 Å². The van der Waals surface area contributed by atoms with E-state index < -0.39 is 0 Å². The quantitative estimate of drug-likeness (QED) is 0.615. The van der Waals surface area contributed by atoms with Crippen LogP contribution in [0.5, 0.6) is 11.5 Å². The number of guanidine groups is 1. The number of halogens is 1. The number of nitrogens with zero attached hydrogens (tertiary/aromatic N) is 1. The predicted molar refractivity (Wildman–Crippen MR) is 85.4 cm³/mol. The number of nitrogens with one attached hydrogen (secondary N) is 1. The normalized spacial score (nSPS) is 11.6. The highest BCUT2D eigenvalue weighted by atomic mass is 79.9. The zero-order valence-corrected chi connectivity index (χ0v) is 14.0. The SMILES string of the molecule is COc1cc(CN=C(N)NCC(C)C)cc(Br)c1OC. The van der Waals surface area contributed by atoms with Crippen molar-refractivity contribution in [3.8, 4) is 11.5 Å². The van der Waals surface area contributed by atoms with Gasteiger partial charge in [-0.05, 0) is 39.5 Å². The van der Waals surface area contributed by atoms with E-state index in [1.165, 1.54) is 0 Å². The Hall–Kier alpha value is -1.43. The molecule has 1 rings (SSSR count). The Bertz CT molecular complexity index is 476. The molecule has 0 bridgehead atoms. The molecule has 112 valence electrons. The molecule has 0 saturated carbocycles. The van der Waals surface area contributed by atoms with Gasteiger partial charge in [-0.2, -0.15) is 0 Å². The number of methoxy groups -OCH3 is 2.